The van der Waals surface area contributed by atoms with Crippen molar-refractivity contribution in [1.29, 1.82) is 0 Å². The van der Waals surface area contributed by atoms with Gasteiger partial charge in [-0.25, -0.2) is 4.79 Å². The Hall–Kier alpha value is -1.91. The van der Waals surface area contributed by atoms with Crippen LogP contribution in [0.1, 0.15) is 26.3 Å². The zero-order valence-corrected chi connectivity index (χ0v) is 12.6. The van der Waals surface area contributed by atoms with Crippen LogP contribution in [0.3, 0.4) is 0 Å². The van der Waals surface area contributed by atoms with E-state index in [1.54, 1.807) is 11.9 Å². The number of likely N-dealkylation sites (N-methyl/N-ethyl adjacent to an activating group) is 1. The van der Waals surface area contributed by atoms with Crippen molar-refractivity contribution in [2.45, 2.75) is 38.8 Å². The molecule has 0 saturated heterocycles. The molecule has 1 aromatic carbocycles. The van der Waals surface area contributed by atoms with Crippen LogP contribution < -0.4 is 11.1 Å². The number of amides is 1. The zero-order chi connectivity index (χ0) is 14.9. The van der Waals surface area contributed by atoms with Crippen molar-refractivity contribution in [2.75, 3.05) is 24.6 Å². The average molecular weight is 277 g/mol. The minimum atomic E-state index is -0.476. The molecular formula is C15H23N3O2. The highest BCUT2D eigenvalue weighted by Gasteiger charge is 2.28. The molecule has 1 heterocycles. The van der Waals surface area contributed by atoms with Crippen molar-refractivity contribution in [1.82, 2.24) is 4.90 Å². The largest absolute Gasteiger partial charge is 0.444 e. The number of nitrogens with zero attached hydrogens (tertiary/aromatic N) is 1. The van der Waals surface area contributed by atoms with Crippen LogP contribution in [0, 0.1) is 0 Å². The molecule has 0 saturated carbocycles. The maximum atomic E-state index is 12.1. The first-order chi connectivity index (χ1) is 9.28. The maximum absolute atomic E-state index is 12.1. The number of hydrogen-bond donors (Lipinski definition) is 2. The number of para-hydroxylation sites is 1. The van der Waals surface area contributed by atoms with E-state index in [1.165, 1.54) is 0 Å². The van der Waals surface area contributed by atoms with E-state index in [2.05, 4.69) is 5.32 Å². The van der Waals surface area contributed by atoms with E-state index < -0.39 is 5.60 Å². The standard InChI is InChI=1S/C15H23N3O2/c1-15(2,3)20-14(19)18(4)11-8-10-6-5-7-12(16)13(10)17-9-11/h5-7,11,17H,8-9,16H2,1-4H3/t11-/m0/s1. The van der Waals surface area contributed by atoms with E-state index in [9.17, 15) is 4.79 Å². The molecule has 1 aliphatic rings. The highest BCUT2D eigenvalue weighted by Crippen LogP contribution is 2.29. The van der Waals surface area contributed by atoms with Gasteiger partial charge in [0.1, 0.15) is 5.60 Å². The molecule has 0 fully saturated rings. The summed E-state index contributed by atoms with van der Waals surface area (Å²) in [7, 11) is 1.78. The lowest BCUT2D eigenvalue weighted by atomic mass is 9.98. The maximum Gasteiger partial charge on any atom is 0.410 e. The van der Waals surface area contributed by atoms with Gasteiger partial charge in [0.25, 0.3) is 0 Å². The Morgan fingerprint density at radius 1 is 1.45 bits per heavy atom. The Bertz CT molecular complexity index is 508. The summed E-state index contributed by atoms with van der Waals surface area (Å²) in [5, 5.41) is 3.31. The summed E-state index contributed by atoms with van der Waals surface area (Å²) < 4.78 is 5.40. The number of ether oxygens (including phenoxy) is 1. The van der Waals surface area contributed by atoms with Gasteiger partial charge in [-0.05, 0) is 38.8 Å². The predicted octanol–water partition coefficient (Wildman–Crippen LogP) is 2.47. The molecule has 1 aromatic rings. The normalized spacial score (nSPS) is 17.9. The minimum Gasteiger partial charge on any atom is -0.444 e. The van der Waals surface area contributed by atoms with E-state index in [-0.39, 0.29) is 12.1 Å². The van der Waals surface area contributed by atoms with Gasteiger partial charge in [0.2, 0.25) is 0 Å². The second kappa shape index (κ2) is 5.23. The molecule has 1 amide bonds. The van der Waals surface area contributed by atoms with Gasteiger partial charge in [0.15, 0.2) is 0 Å². The Morgan fingerprint density at radius 3 is 2.80 bits per heavy atom. The van der Waals surface area contributed by atoms with Crippen LogP contribution in [-0.2, 0) is 11.2 Å². The molecule has 0 aliphatic carbocycles. The van der Waals surface area contributed by atoms with Gasteiger partial charge < -0.3 is 20.7 Å². The summed E-state index contributed by atoms with van der Waals surface area (Å²) in [5.74, 6) is 0. The van der Waals surface area contributed by atoms with Crippen LogP contribution in [0.5, 0.6) is 0 Å². The molecule has 0 aromatic heterocycles. The number of fused-ring (bicyclic) bond motifs is 1. The number of anilines is 2. The lowest BCUT2D eigenvalue weighted by Crippen LogP contribution is -2.46. The number of nitrogen functional groups attached to an aromatic ring is 1. The van der Waals surface area contributed by atoms with Crippen molar-refractivity contribution in [3.63, 3.8) is 0 Å². The molecule has 1 atom stereocenters. The highest BCUT2D eigenvalue weighted by molar-refractivity contribution is 5.73. The number of carbonyl (C=O) groups excluding carboxylic acids is 1. The monoisotopic (exact) mass is 277 g/mol. The molecule has 2 rings (SSSR count). The zero-order valence-electron chi connectivity index (χ0n) is 12.6. The first-order valence-corrected chi connectivity index (χ1v) is 6.85. The summed E-state index contributed by atoms with van der Waals surface area (Å²) in [5.41, 5.74) is 8.34. The number of nitrogens with two attached hydrogens (primary N) is 1. The smallest absolute Gasteiger partial charge is 0.410 e. The summed E-state index contributed by atoms with van der Waals surface area (Å²) in [4.78, 5) is 13.7. The van der Waals surface area contributed by atoms with E-state index in [0.29, 0.717) is 6.54 Å². The van der Waals surface area contributed by atoms with Crippen molar-refractivity contribution in [2.24, 2.45) is 0 Å². The Kier molecular flexibility index (Phi) is 3.79. The topological polar surface area (TPSA) is 67.6 Å². The molecule has 0 spiro atoms. The first kappa shape index (κ1) is 14.5. The van der Waals surface area contributed by atoms with Crippen LogP contribution in [0.4, 0.5) is 16.2 Å². The third-order valence-electron chi connectivity index (χ3n) is 3.38. The molecule has 110 valence electrons. The van der Waals surface area contributed by atoms with E-state index in [4.69, 9.17) is 10.5 Å². The second-order valence-corrected chi connectivity index (χ2v) is 6.21. The number of carbonyl (C=O) groups is 1. The molecule has 20 heavy (non-hydrogen) atoms. The molecule has 0 unspecified atom stereocenters. The van der Waals surface area contributed by atoms with E-state index in [0.717, 1.165) is 23.4 Å². The summed E-state index contributed by atoms with van der Waals surface area (Å²) in [6, 6.07) is 5.92. The van der Waals surface area contributed by atoms with Gasteiger partial charge >= 0.3 is 6.09 Å². The Morgan fingerprint density at radius 2 is 2.15 bits per heavy atom. The summed E-state index contributed by atoms with van der Waals surface area (Å²) >= 11 is 0. The van der Waals surface area contributed by atoms with Crippen molar-refractivity contribution in [3.8, 4) is 0 Å². The molecule has 0 bridgehead atoms. The number of benzene rings is 1. The summed E-state index contributed by atoms with van der Waals surface area (Å²) in [6.45, 7) is 6.28. The van der Waals surface area contributed by atoms with E-state index >= 15 is 0 Å². The fourth-order valence-electron chi connectivity index (χ4n) is 2.31. The fraction of sp³-hybridized carbons (Fsp3) is 0.533. The quantitative estimate of drug-likeness (QED) is 0.774. The van der Waals surface area contributed by atoms with Gasteiger partial charge in [0.05, 0.1) is 17.4 Å². The van der Waals surface area contributed by atoms with Crippen LogP contribution in [0.2, 0.25) is 0 Å². The molecule has 1 aliphatic heterocycles. The van der Waals surface area contributed by atoms with Gasteiger partial charge in [0, 0.05) is 13.6 Å². The van der Waals surface area contributed by atoms with Crippen molar-refractivity contribution in [3.05, 3.63) is 23.8 Å². The van der Waals surface area contributed by atoms with Gasteiger partial charge in [-0.1, -0.05) is 12.1 Å². The first-order valence-electron chi connectivity index (χ1n) is 6.85. The van der Waals surface area contributed by atoms with Gasteiger partial charge in [-0.15, -0.1) is 0 Å². The van der Waals surface area contributed by atoms with Crippen LogP contribution >= 0.6 is 0 Å². The SMILES string of the molecule is CN(C(=O)OC(C)(C)C)[C@@H]1CNc2c(N)cccc2C1. The summed E-state index contributed by atoms with van der Waals surface area (Å²) in [6.07, 6.45) is 0.486. The number of nitrogens with one attached hydrogen (secondary N) is 1. The van der Waals surface area contributed by atoms with Crippen LogP contribution in [0.15, 0.2) is 18.2 Å². The van der Waals surface area contributed by atoms with Gasteiger partial charge in [-0.3, -0.25) is 0 Å². The third kappa shape index (κ3) is 3.15. The van der Waals surface area contributed by atoms with E-state index in [1.807, 2.05) is 39.0 Å². The number of hydrogen-bond acceptors (Lipinski definition) is 4. The van der Waals surface area contributed by atoms with Crippen molar-refractivity contribution < 1.29 is 9.53 Å². The molecule has 3 N–H and O–H groups in total. The molecule has 0 radical (unpaired) electrons. The average Bonchev–Trinajstić information content (AvgIpc) is 2.35. The Balaban J connectivity index is 2.07. The molecule has 5 heteroatoms. The van der Waals surface area contributed by atoms with Crippen LogP contribution in [0.25, 0.3) is 0 Å². The minimum absolute atomic E-state index is 0.0687. The highest BCUT2D eigenvalue weighted by atomic mass is 16.6. The number of rotatable bonds is 1. The van der Waals surface area contributed by atoms with Gasteiger partial charge in [-0.2, -0.15) is 0 Å². The lowest BCUT2D eigenvalue weighted by Gasteiger charge is -2.34. The lowest BCUT2D eigenvalue weighted by molar-refractivity contribution is 0.0229. The van der Waals surface area contributed by atoms with Crippen molar-refractivity contribution >= 4 is 17.5 Å². The van der Waals surface area contributed by atoms with Crippen LogP contribution in [-0.4, -0.2) is 36.2 Å². The third-order valence-corrected chi connectivity index (χ3v) is 3.38. The Labute approximate surface area is 120 Å². The second-order valence-electron chi connectivity index (χ2n) is 6.21. The molecule has 5 nitrogen and oxygen atoms in total. The fourth-order valence-corrected chi connectivity index (χ4v) is 2.31. The molecular weight excluding hydrogens is 254 g/mol. The predicted molar refractivity (Wildman–Crippen MR) is 80.8 cm³/mol.